The van der Waals surface area contributed by atoms with Gasteiger partial charge in [-0.1, -0.05) is 30.3 Å². The Morgan fingerprint density at radius 1 is 1.00 bits per heavy atom. The first-order valence-corrected chi connectivity index (χ1v) is 8.52. The first-order chi connectivity index (χ1) is 12.2. The summed E-state index contributed by atoms with van der Waals surface area (Å²) in [6, 6.07) is 13.9. The van der Waals surface area contributed by atoms with Gasteiger partial charge in [0, 0.05) is 19.6 Å². The molecule has 0 fully saturated rings. The second-order valence-corrected chi connectivity index (χ2v) is 6.21. The van der Waals surface area contributed by atoms with Crippen LogP contribution in [0.15, 0.2) is 42.5 Å². The molecule has 5 nitrogen and oxygen atoms in total. The lowest BCUT2D eigenvalue weighted by Crippen LogP contribution is -2.38. The quantitative estimate of drug-likeness (QED) is 0.837. The fourth-order valence-electron chi connectivity index (χ4n) is 3.20. The molecule has 0 saturated carbocycles. The van der Waals surface area contributed by atoms with Crippen molar-refractivity contribution in [2.24, 2.45) is 0 Å². The number of rotatable bonds is 7. The number of para-hydroxylation sites is 1. The molecule has 0 saturated heterocycles. The van der Waals surface area contributed by atoms with Gasteiger partial charge in [-0.05, 0) is 29.7 Å². The van der Waals surface area contributed by atoms with E-state index in [0.717, 1.165) is 19.5 Å². The van der Waals surface area contributed by atoms with Gasteiger partial charge in [0.1, 0.15) is 12.7 Å². The first-order valence-electron chi connectivity index (χ1n) is 8.52. The van der Waals surface area contributed by atoms with Gasteiger partial charge >= 0.3 is 0 Å². The van der Waals surface area contributed by atoms with Crippen LogP contribution >= 0.6 is 0 Å². The molecule has 134 valence electrons. The van der Waals surface area contributed by atoms with Crippen molar-refractivity contribution in [3.05, 3.63) is 53.6 Å². The van der Waals surface area contributed by atoms with Gasteiger partial charge < -0.3 is 19.3 Å². The lowest BCUT2D eigenvalue weighted by atomic mass is 10.00. The molecule has 25 heavy (non-hydrogen) atoms. The number of hydrogen-bond acceptors (Lipinski definition) is 5. The van der Waals surface area contributed by atoms with Gasteiger partial charge in [0.2, 0.25) is 5.75 Å². The van der Waals surface area contributed by atoms with E-state index in [1.165, 1.54) is 11.1 Å². The summed E-state index contributed by atoms with van der Waals surface area (Å²) in [7, 11) is 3.17. The van der Waals surface area contributed by atoms with E-state index in [-0.39, 0.29) is 6.61 Å². The summed E-state index contributed by atoms with van der Waals surface area (Å²) in [5.74, 6) is 1.72. The molecule has 3 rings (SSSR count). The molecule has 2 aromatic rings. The Kier molecular flexibility index (Phi) is 5.79. The minimum Gasteiger partial charge on any atom is -0.493 e. The van der Waals surface area contributed by atoms with Crippen LogP contribution in [0.1, 0.15) is 11.1 Å². The fraction of sp³-hybridized carbons (Fsp3) is 0.400. The lowest BCUT2D eigenvalue weighted by molar-refractivity contribution is 0.0618. The van der Waals surface area contributed by atoms with Crippen molar-refractivity contribution in [1.29, 1.82) is 0 Å². The monoisotopic (exact) mass is 343 g/mol. The summed E-state index contributed by atoms with van der Waals surface area (Å²) in [6.07, 6.45) is 0.434. The predicted octanol–water partition coefficient (Wildman–Crippen LogP) is 2.50. The van der Waals surface area contributed by atoms with Crippen molar-refractivity contribution in [3.8, 4) is 17.2 Å². The molecule has 1 aliphatic heterocycles. The van der Waals surface area contributed by atoms with Gasteiger partial charge in [-0.25, -0.2) is 0 Å². The van der Waals surface area contributed by atoms with Crippen molar-refractivity contribution >= 4 is 0 Å². The number of benzene rings is 2. The van der Waals surface area contributed by atoms with Gasteiger partial charge in [0.25, 0.3) is 0 Å². The normalized spacial score (nSPS) is 15.3. The zero-order valence-electron chi connectivity index (χ0n) is 14.8. The van der Waals surface area contributed by atoms with Crippen LogP contribution in [0.5, 0.6) is 17.2 Å². The SMILES string of the molecule is COc1cccc(OC)c1OC[C@H](O)CN1CCc2ccccc2C1. The number of ether oxygens (including phenoxy) is 3. The molecule has 1 N–H and O–H groups in total. The van der Waals surface area contributed by atoms with E-state index in [1.54, 1.807) is 14.2 Å². The minimum atomic E-state index is -0.583. The van der Waals surface area contributed by atoms with Crippen molar-refractivity contribution < 1.29 is 19.3 Å². The molecule has 1 atom stereocenters. The zero-order chi connectivity index (χ0) is 17.6. The van der Waals surface area contributed by atoms with E-state index in [9.17, 15) is 5.11 Å². The second kappa shape index (κ2) is 8.23. The largest absolute Gasteiger partial charge is 0.493 e. The van der Waals surface area contributed by atoms with Crippen LogP contribution in [0.4, 0.5) is 0 Å². The van der Waals surface area contributed by atoms with Crippen molar-refractivity contribution in [3.63, 3.8) is 0 Å². The van der Waals surface area contributed by atoms with Crippen LogP contribution in [-0.2, 0) is 13.0 Å². The van der Waals surface area contributed by atoms with Gasteiger partial charge in [-0.3, -0.25) is 4.90 Å². The van der Waals surface area contributed by atoms with E-state index in [0.29, 0.717) is 23.8 Å². The third-order valence-corrected chi connectivity index (χ3v) is 4.48. The Hall–Kier alpha value is -2.24. The number of aliphatic hydroxyl groups is 1. The highest BCUT2D eigenvalue weighted by Crippen LogP contribution is 2.36. The molecule has 1 aliphatic rings. The van der Waals surface area contributed by atoms with Crippen molar-refractivity contribution in [2.75, 3.05) is 33.9 Å². The first kappa shape index (κ1) is 17.6. The summed E-state index contributed by atoms with van der Waals surface area (Å²) in [4.78, 5) is 2.26. The Labute approximate surface area is 148 Å². The molecule has 2 aromatic carbocycles. The van der Waals surface area contributed by atoms with E-state index in [4.69, 9.17) is 14.2 Å². The summed E-state index contributed by atoms with van der Waals surface area (Å²) < 4.78 is 16.4. The highest BCUT2D eigenvalue weighted by molar-refractivity contribution is 5.51. The van der Waals surface area contributed by atoms with Crippen LogP contribution < -0.4 is 14.2 Å². The Morgan fingerprint density at radius 3 is 2.36 bits per heavy atom. The molecule has 0 spiro atoms. The van der Waals surface area contributed by atoms with E-state index in [1.807, 2.05) is 18.2 Å². The smallest absolute Gasteiger partial charge is 0.203 e. The maximum Gasteiger partial charge on any atom is 0.203 e. The van der Waals surface area contributed by atoms with E-state index >= 15 is 0 Å². The van der Waals surface area contributed by atoms with Crippen LogP contribution in [0, 0.1) is 0 Å². The number of hydrogen-bond donors (Lipinski definition) is 1. The van der Waals surface area contributed by atoms with E-state index in [2.05, 4.69) is 29.2 Å². The van der Waals surface area contributed by atoms with Crippen molar-refractivity contribution in [2.45, 2.75) is 19.1 Å². The summed E-state index contributed by atoms with van der Waals surface area (Å²) in [5, 5.41) is 10.4. The second-order valence-electron chi connectivity index (χ2n) is 6.21. The Bertz CT molecular complexity index is 682. The maximum atomic E-state index is 10.4. The maximum absolute atomic E-state index is 10.4. The number of nitrogens with zero attached hydrogens (tertiary/aromatic N) is 1. The molecule has 5 heteroatoms. The van der Waals surface area contributed by atoms with Gasteiger partial charge in [-0.15, -0.1) is 0 Å². The topological polar surface area (TPSA) is 51.2 Å². The number of aliphatic hydroxyl groups excluding tert-OH is 1. The van der Waals surface area contributed by atoms with Crippen LogP contribution in [0.2, 0.25) is 0 Å². The van der Waals surface area contributed by atoms with Crippen LogP contribution in [0.25, 0.3) is 0 Å². The molecule has 0 bridgehead atoms. The summed E-state index contributed by atoms with van der Waals surface area (Å²) in [5.41, 5.74) is 2.75. The Balaban J connectivity index is 1.57. The summed E-state index contributed by atoms with van der Waals surface area (Å²) >= 11 is 0. The highest BCUT2D eigenvalue weighted by atomic mass is 16.5. The molecular formula is C20H25NO4. The Morgan fingerprint density at radius 2 is 1.68 bits per heavy atom. The molecule has 0 aromatic heterocycles. The number of methoxy groups -OCH3 is 2. The minimum absolute atomic E-state index is 0.189. The van der Waals surface area contributed by atoms with Gasteiger partial charge in [0.15, 0.2) is 11.5 Å². The molecule has 0 aliphatic carbocycles. The lowest BCUT2D eigenvalue weighted by Gasteiger charge is -2.30. The number of fused-ring (bicyclic) bond motifs is 1. The average molecular weight is 343 g/mol. The molecular weight excluding hydrogens is 318 g/mol. The van der Waals surface area contributed by atoms with Crippen LogP contribution in [0.3, 0.4) is 0 Å². The average Bonchev–Trinajstić information content (AvgIpc) is 2.65. The van der Waals surface area contributed by atoms with E-state index < -0.39 is 6.10 Å². The summed E-state index contributed by atoms with van der Waals surface area (Å²) in [6.45, 7) is 2.58. The van der Waals surface area contributed by atoms with Crippen molar-refractivity contribution in [1.82, 2.24) is 4.90 Å². The van der Waals surface area contributed by atoms with Crippen LogP contribution in [-0.4, -0.2) is 50.0 Å². The highest BCUT2D eigenvalue weighted by Gasteiger charge is 2.20. The van der Waals surface area contributed by atoms with Gasteiger partial charge in [0.05, 0.1) is 14.2 Å². The van der Waals surface area contributed by atoms with Gasteiger partial charge in [-0.2, -0.15) is 0 Å². The fourth-order valence-corrected chi connectivity index (χ4v) is 3.20. The third kappa shape index (κ3) is 4.24. The number of β-amino-alcohol motifs (C(OH)–C–C–N with tert-alkyl or cyclic N) is 1. The zero-order valence-corrected chi connectivity index (χ0v) is 14.8. The molecule has 0 unspecified atom stereocenters. The third-order valence-electron chi connectivity index (χ3n) is 4.48. The predicted molar refractivity (Wildman–Crippen MR) is 96.5 cm³/mol. The molecule has 0 radical (unpaired) electrons. The molecule has 0 amide bonds. The standard InChI is InChI=1S/C20H25NO4/c1-23-18-8-5-9-19(24-2)20(18)25-14-17(22)13-21-11-10-15-6-3-4-7-16(15)12-21/h3-9,17,22H,10-14H2,1-2H3/t17-/m1/s1. The molecule has 1 heterocycles.